The molecule has 1 saturated heterocycles. The molecule has 0 bridgehead atoms. The number of carbonyl (C=O) groups excluding carboxylic acids is 1. The number of halogens is 1. The third-order valence-electron chi connectivity index (χ3n) is 4.15. The van der Waals surface area contributed by atoms with Crippen LogP contribution in [0.25, 0.3) is 0 Å². The van der Waals surface area contributed by atoms with Crippen molar-refractivity contribution in [2.75, 3.05) is 44.7 Å². The summed E-state index contributed by atoms with van der Waals surface area (Å²) in [6, 6.07) is 7.13. The fourth-order valence-electron chi connectivity index (χ4n) is 2.64. The van der Waals surface area contributed by atoms with Crippen molar-refractivity contribution in [3.63, 3.8) is 0 Å². The minimum atomic E-state index is -0.216. The molecule has 0 aliphatic carbocycles. The topological polar surface area (TPSA) is 79.4 Å². The number of amides is 1. The molecule has 0 atom stereocenters. The summed E-state index contributed by atoms with van der Waals surface area (Å²) in [5, 5.41) is 6.63. The summed E-state index contributed by atoms with van der Waals surface area (Å²) in [6.45, 7) is 6.62. The van der Waals surface area contributed by atoms with E-state index in [9.17, 15) is 4.79 Å². The second-order valence-corrected chi connectivity index (χ2v) is 6.50. The van der Waals surface area contributed by atoms with Crippen LogP contribution in [0.15, 0.2) is 30.5 Å². The fourth-order valence-corrected chi connectivity index (χ4v) is 2.81. The van der Waals surface area contributed by atoms with E-state index in [1.54, 1.807) is 18.3 Å². The number of aromatic nitrogens is 2. The second-order valence-electron chi connectivity index (χ2n) is 6.06. The predicted octanol–water partition coefficient (Wildman–Crippen LogP) is 2.24. The molecule has 0 unspecified atom stereocenters. The van der Waals surface area contributed by atoms with E-state index >= 15 is 0 Å². The van der Waals surface area contributed by atoms with Gasteiger partial charge in [0.05, 0.1) is 13.2 Å². The molecule has 138 valence electrons. The molecule has 1 aromatic heterocycles. The molecule has 0 radical (unpaired) electrons. The number of aryl methyl sites for hydroxylation is 1. The molecule has 3 rings (SSSR count). The summed E-state index contributed by atoms with van der Waals surface area (Å²) in [7, 11) is 0. The molecule has 0 spiro atoms. The van der Waals surface area contributed by atoms with Crippen LogP contribution in [0.1, 0.15) is 16.1 Å². The van der Waals surface area contributed by atoms with Crippen molar-refractivity contribution in [1.29, 1.82) is 0 Å². The van der Waals surface area contributed by atoms with E-state index in [1.165, 1.54) is 0 Å². The number of hydrogen-bond donors (Lipinski definition) is 2. The molecule has 26 heavy (non-hydrogen) atoms. The predicted molar refractivity (Wildman–Crippen MR) is 101 cm³/mol. The van der Waals surface area contributed by atoms with Gasteiger partial charge in [-0.15, -0.1) is 0 Å². The summed E-state index contributed by atoms with van der Waals surface area (Å²) in [5.41, 5.74) is 2.14. The number of rotatable bonds is 6. The average Bonchev–Trinajstić information content (AvgIpc) is 2.66. The lowest BCUT2D eigenvalue weighted by Gasteiger charge is -2.26. The number of nitrogens with zero attached hydrogens (tertiary/aromatic N) is 3. The molecule has 1 aliphatic heterocycles. The SMILES string of the molecule is Cc1ccc(Cl)cc1Nc1nccc(C(=O)NCCN2CCOCC2)n1. The normalized spacial score (nSPS) is 14.8. The molecule has 7 nitrogen and oxygen atoms in total. The van der Waals surface area contributed by atoms with Crippen molar-refractivity contribution in [2.45, 2.75) is 6.92 Å². The Labute approximate surface area is 157 Å². The number of benzene rings is 1. The molecule has 2 N–H and O–H groups in total. The summed E-state index contributed by atoms with van der Waals surface area (Å²) in [6.07, 6.45) is 1.56. The lowest BCUT2D eigenvalue weighted by molar-refractivity contribution is 0.0383. The Morgan fingerprint density at radius 1 is 1.31 bits per heavy atom. The third-order valence-corrected chi connectivity index (χ3v) is 4.39. The molecular formula is C18H22ClN5O2. The fraction of sp³-hybridized carbons (Fsp3) is 0.389. The van der Waals surface area contributed by atoms with Gasteiger partial charge in [-0.2, -0.15) is 0 Å². The number of hydrogen-bond acceptors (Lipinski definition) is 6. The Bertz CT molecular complexity index is 765. The molecular weight excluding hydrogens is 354 g/mol. The highest BCUT2D eigenvalue weighted by Gasteiger charge is 2.12. The maximum absolute atomic E-state index is 12.3. The molecule has 0 saturated carbocycles. The second kappa shape index (κ2) is 8.93. The minimum Gasteiger partial charge on any atom is -0.379 e. The van der Waals surface area contributed by atoms with Crippen LogP contribution in [-0.4, -0.2) is 60.2 Å². The molecule has 1 aromatic carbocycles. The van der Waals surface area contributed by atoms with Crippen LogP contribution in [-0.2, 0) is 4.74 Å². The van der Waals surface area contributed by atoms with E-state index in [4.69, 9.17) is 16.3 Å². The van der Waals surface area contributed by atoms with Crippen LogP contribution in [0.5, 0.6) is 0 Å². The van der Waals surface area contributed by atoms with E-state index < -0.39 is 0 Å². The van der Waals surface area contributed by atoms with E-state index in [2.05, 4.69) is 25.5 Å². The van der Waals surface area contributed by atoms with Crippen molar-refractivity contribution in [3.8, 4) is 0 Å². The van der Waals surface area contributed by atoms with Gasteiger partial charge in [-0.1, -0.05) is 17.7 Å². The van der Waals surface area contributed by atoms with Crippen molar-refractivity contribution < 1.29 is 9.53 Å². The van der Waals surface area contributed by atoms with Crippen molar-refractivity contribution >= 4 is 29.1 Å². The lowest BCUT2D eigenvalue weighted by atomic mass is 10.2. The first-order valence-corrected chi connectivity index (χ1v) is 8.94. The standard InChI is InChI=1S/C18H22ClN5O2/c1-13-2-3-14(19)12-16(13)23-18-21-5-4-15(22-18)17(25)20-6-7-24-8-10-26-11-9-24/h2-5,12H,6-11H2,1H3,(H,20,25)(H,21,22,23). The summed E-state index contributed by atoms with van der Waals surface area (Å²) >= 11 is 6.03. The zero-order chi connectivity index (χ0) is 18.4. The molecule has 2 heterocycles. The van der Waals surface area contributed by atoms with Gasteiger partial charge in [-0.25, -0.2) is 9.97 Å². The number of carbonyl (C=O) groups is 1. The van der Waals surface area contributed by atoms with Gasteiger partial charge < -0.3 is 15.4 Å². The van der Waals surface area contributed by atoms with Crippen molar-refractivity contribution in [2.24, 2.45) is 0 Å². The van der Waals surface area contributed by atoms with Gasteiger partial charge in [-0.05, 0) is 30.7 Å². The highest BCUT2D eigenvalue weighted by Crippen LogP contribution is 2.22. The molecule has 1 fully saturated rings. The Hall–Kier alpha value is -2.22. The first-order valence-electron chi connectivity index (χ1n) is 8.56. The van der Waals surface area contributed by atoms with Crippen LogP contribution in [0.4, 0.5) is 11.6 Å². The van der Waals surface area contributed by atoms with Gasteiger partial charge in [-0.3, -0.25) is 9.69 Å². The zero-order valence-corrected chi connectivity index (χ0v) is 15.4. The summed E-state index contributed by atoms with van der Waals surface area (Å²) in [5.74, 6) is 0.141. The molecule has 8 heteroatoms. The van der Waals surface area contributed by atoms with Gasteiger partial charge in [0.15, 0.2) is 0 Å². The van der Waals surface area contributed by atoms with Crippen LogP contribution >= 0.6 is 11.6 Å². The lowest BCUT2D eigenvalue weighted by Crippen LogP contribution is -2.41. The first-order chi connectivity index (χ1) is 12.6. The van der Waals surface area contributed by atoms with Crippen LogP contribution < -0.4 is 10.6 Å². The monoisotopic (exact) mass is 375 g/mol. The number of anilines is 2. The Kier molecular flexibility index (Phi) is 6.38. The van der Waals surface area contributed by atoms with E-state index in [-0.39, 0.29) is 5.91 Å². The number of nitrogens with one attached hydrogen (secondary N) is 2. The highest BCUT2D eigenvalue weighted by atomic mass is 35.5. The molecule has 1 aliphatic rings. The van der Waals surface area contributed by atoms with Gasteiger partial charge in [0, 0.05) is 43.1 Å². The van der Waals surface area contributed by atoms with Gasteiger partial charge >= 0.3 is 0 Å². The van der Waals surface area contributed by atoms with Gasteiger partial charge in [0.2, 0.25) is 5.95 Å². The van der Waals surface area contributed by atoms with Crippen LogP contribution in [0, 0.1) is 6.92 Å². The molecule has 2 aromatic rings. The largest absolute Gasteiger partial charge is 0.379 e. The maximum atomic E-state index is 12.3. The van der Waals surface area contributed by atoms with Crippen LogP contribution in [0.2, 0.25) is 5.02 Å². The van der Waals surface area contributed by atoms with E-state index in [1.807, 2.05) is 19.1 Å². The smallest absolute Gasteiger partial charge is 0.270 e. The molecule has 1 amide bonds. The van der Waals surface area contributed by atoms with E-state index in [0.29, 0.717) is 23.2 Å². The highest BCUT2D eigenvalue weighted by molar-refractivity contribution is 6.30. The zero-order valence-electron chi connectivity index (χ0n) is 14.7. The van der Waals surface area contributed by atoms with Crippen molar-refractivity contribution in [3.05, 3.63) is 46.7 Å². The van der Waals surface area contributed by atoms with Crippen molar-refractivity contribution in [1.82, 2.24) is 20.2 Å². The summed E-state index contributed by atoms with van der Waals surface area (Å²) < 4.78 is 5.31. The number of morpholine rings is 1. The van der Waals surface area contributed by atoms with Gasteiger partial charge in [0.25, 0.3) is 5.91 Å². The minimum absolute atomic E-state index is 0.216. The average molecular weight is 376 g/mol. The van der Waals surface area contributed by atoms with Crippen LogP contribution in [0.3, 0.4) is 0 Å². The number of ether oxygens (including phenoxy) is 1. The third kappa shape index (κ3) is 5.14. The Morgan fingerprint density at radius 3 is 2.92 bits per heavy atom. The quantitative estimate of drug-likeness (QED) is 0.806. The maximum Gasteiger partial charge on any atom is 0.270 e. The van der Waals surface area contributed by atoms with Gasteiger partial charge in [0.1, 0.15) is 5.69 Å². The summed E-state index contributed by atoms with van der Waals surface area (Å²) in [4.78, 5) is 23.0. The first kappa shape index (κ1) is 18.6. The van der Waals surface area contributed by atoms with E-state index in [0.717, 1.165) is 44.1 Å². The Balaban J connectivity index is 1.57. The Morgan fingerprint density at radius 2 is 2.12 bits per heavy atom.